The summed E-state index contributed by atoms with van der Waals surface area (Å²) in [6, 6.07) is 25.0. The molecule has 2 N–H and O–H groups in total. The van der Waals surface area contributed by atoms with Gasteiger partial charge in [-0.05, 0) is 42.7 Å². The average molecular weight is 352 g/mol. The Morgan fingerprint density at radius 1 is 0.815 bits per heavy atom. The molecule has 2 heterocycles. The molecule has 5 rings (SSSR count). The summed E-state index contributed by atoms with van der Waals surface area (Å²) in [5.41, 5.74) is 7.05. The lowest BCUT2D eigenvalue weighted by molar-refractivity contribution is -0.119. The van der Waals surface area contributed by atoms with Crippen molar-refractivity contribution in [2.45, 2.75) is 19.3 Å². The molecule has 132 valence electrons. The molecular weight excluding hydrogens is 332 g/mol. The summed E-state index contributed by atoms with van der Waals surface area (Å²) in [4.78, 5) is 16.0. The second kappa shape index (κ2) is 5.58. The van der Waals surface area contributed by atoms with E-state index in [1.54, 1.807) is 0 Å². The first-order chi connectivity index (χ1) is 13.1. The van der Waals surface area contributed by atoms with Crippen molar-refractivity contribution in [2.75, 3.05) is 5.32 Å². The lowest BCUT2D eigenvalue weighted by Gasteiger charge is -2.15. The first-order valence-electron chi connectivity index (χ1n) is 9.18. The van der Waals surface area contributed by atoms with Crippen molar-refractivity contribution in [3.05, 3.63) is 78.4 Å². The Labute approximate surface area is 158 Å². The topological polar surface area (TPSA) is 44.9 Å². The Balaban J connectivity index is 1.86. The van der Waals surface area contributed by atoms with Gasteiger partial charge in [0, 0.05) is 22.2 Å². The lowest BCUT2D eigenvalue weighted by atomic mass is 9.85. The Morgan fingerprint density at radius 2 is 1.44 bits per heavy atom. The van der Waals surface area contributed by atoms with Gasteiger partial charge in [0.05, 0.1) is 11.1 Å². The number of hydrogen-bond donors (Lipinski definition) is 2. The fourth-order valence-corrected chi connectivity index (χ4v) is 3.99. The van der Waals surface area contributed by atoms with Crippen molar-refractivity contribution < 1.29 is 4.79 Å². The van der Waals surface area contributed by atoms with Crippen LogP contribution in [0.15, 0.2) is 72.8 Å². The molecule has 0 bridgehead atoms. The number of benzene rings is 3. The standard InChI is InChI=1S/C24H20N2O/c1-24(2)18-13-17-19(14-20(18)26-23(24)27)25-22(16-11-7-4-8-12-16)21(17)15-9-5-3-6-10-15/h3-14,25H,1-2H3,(H,26,27). The molecule has 0 unspecified atom stereocenters. The molecule has 0 saturated carbocycles. The fraction of sp³-hybridized carbons (Fsp3) is 0.125. The highest BCUT2D eigenvalue weighted by Gasteiger charge is 2.39. The normalized spacial score (nSPS) is 15.0. The van der Waals surface area contributed by atoms with Crippen LogP contribution in [0.25, 0.3) is 33.3 Å². The average Bonchev–Trinajstić information content (AvgIpc) is 3.16. The number of aromatic amines is 1. The van der Waals surface area contributed by atoms with Gasteiger partial charge in [0.2, 0.25) is 5.91 Å². The number of aromatic nitrogens is 1. The molecule has 1 aliphatic rings. The smallest absolute Gasteiger partial charge is 0.234 e. The van der Waals surface area contributed by atoms with Gasteiger partial charge < -0.3 is 10.3 Å². The molecule has 1 aromatic heterocycles. The molecule has 4 aromatic rings. The van der Waals surface area contributed by atoms with E-state index in [4.69, 9.17) is 0 Å². The Morgan fingerprint density at radius 3 is 2.11 bits per heavy atom. The zero-order valence-electron chi connectivity index (χ0n) is 15.3. The summed E-state index contributed by atoms with van der Waals surface area (Å²) in [6.07, 6.45) is 0. The maximum absolute atomic E-state index is 12.4. The number of carbonyl (C=O) groups excluding carboxylic acids is 1. The van der Waals surface area contributed by atoms with Gasteiger partial charge in [0.1, 0.15) is 0 Å². The van der Waals surface area contributed by atoms with Crippen LogP contribution >= 0.6 is 0 Å². The third-order valence-corrected chi connectivity index (χ3v) is 5.55. The SMILES string of the molecule is CC1(C)C(=O)Nc2cc3[nH]c(-c4ccccc4)c(-c4ccccc4)c3cc21. The number of rotatable bonds is 2. The van der Waals surface area contributed by atoms with Crippen molar-refractivity contribution in [1.29, 1.82) is 0 Å². The second-order valence-corrected chi connectivity index (χ2v) is 7.63. The van der Waals surface area contributed by atoms with E-state index < -0.39 is 5.41 Å². The zero-order chi connectivity index (χ0) is 18.6. The van der Waals surface area contributed by atoms with Crippen LogP contribution < -0.4 is 5.32 Å². The van der Waals surface area contributed by atoms with Crippen LogP contribution in [-0.4, -0.2) is 10.9 Å². The molecule has 27 heavy (non-hydrogen) atoms. The highest BCUT2D eigenvalue weighted by molar-refractivity contribution is 6.11. The molecule has 3 heteroatoms. The Kier molecular flexibility index (Phi) is 3.28. The maximum atomic E-state index is 12.4. The Bertz CT molecular complexity index is 1170. The van der Waals surface area contributed by atoms with Crippen LogP contribution in [0.2, 0.25) is 0 Å². The highest BCUT2D eigenvalue weighted by Crippen LogP contribution is 2.44. The van der Waals surface area contributed by atoms with Gasteiger partial charge in [-0.1, -0.05) is 60.7 Å². The number of amides is 1. The van der Waals surface area contributed by atoms with E-state index in [0.717, 1.165) is 39.0 Å². The number of H-pyrrole nitrogens is 1. The highest BCUT2D eigenvalue weighted by atomic mass is 16.2. The van der Waals surface area contributed by atoms with Crippen molar-refractivity contribution in [2.24, 2.45) is 0 Å². The van der Waals surface area contributed by atoms with E-state index in [-0.39, 0.29) is 5.91 Å². The van der Waals surface area contributed by atoms with Crippen LogP contribution in [-0.2, 0) is 10.2 Å². The summed E-state index contributed by atoms with van der Waals surface area (Å²) < 4.78 is 0. The van der Waals surface area contributed by atoms with E-state index in [9.17, 15) is 4.79 Å². The molecule has 3 nitrogen and oxygen atoms in total. The number of anilines is 1. The summed E-state index contributed by atoms with van der Waals surface area (Å²) in [7, 11) is 0. The van der Waals surface area contributed by atoms with Gasteiger partial charge in [-0.3, -0.25) is 4.79 Å². The van der Waals surface area contributed by atoms with Crippen LogP contribution in [0.3, 0.4) is 0 Å². The predicted octanol–water partition coefficient (Wildman–Crippen LogP) is 5.73. The second-order valence-electron chi connectivity index (χ2n) is 7.63. The van der Waals surface area contributed by atoms with Gasteiger partial charge in [-0.25, -0.2) is 0 Å². The summed E-state index contributed by atoms with van der Waals surface area (Å²) in [5.74, 6) is 0.0506. The summed E-state index contributed by atoms with van der Waals surface area (Å²) in [5, 5.41) is 4.17. The quantitative estimate of drug-likeness (QED) is 0.475. The van der Waals surface area contributed by atoms with Crippen LogP contribution in [0.5, 0.6) is 0 Å². The van der Waals surface area contributed by atoms with E-state index >= 15 is 0 Å². The van der Waals surface area contributed by atoms with Crippen molar-refractivity contribution in [3.63, 3.8) is 0 Å². The molecule has 0 aliphatic carbocycles. The zero-order valence-corrected chi connectivity index (χ0v) is 15.3. The first kappa shape index (κ1) is 15.9. The van der Waals surface area contributed by atoms with Gasteiger partial charge >= 0.3 is 0 Å². The third-order valence-electron chi connectivity index (χ3n) is 5.55. The van der Waals surface area contributed by atoms with E-state index in [0.29, 0.717) is 0 Å². The minimum absolute atomic E-state index is 0.0506. The van der Waals surface area contributed by atoms with Crippen molar-refractivity contribution in [1.82, 2.24) is 4.98 Å². The van der Waals surface area contributed by atoms with E-state index in [2.05, 4.69) is 71.0 Å². The largest absolute Gasteiger partial charge is 0.354 e. The molecule has 0 fully saturated rings. The van der Waals surface area contributed by atoms with E-state index in [1.165, 1.54) is 5.56 Å². The van der Waals surface area contributed by atoms with Crippen molar-refractivity contribution in [3.8, 4) is 22.4 Å². The minimum atomic E-state index is -0.526. The number of fused-ring (bicyclic) bond motifs is 2. The van der Waals surface area contributed by atoms with Crippen LogP contribution in [0.1, 0.15) is 19.4 Å². The summed E-state index contributed by atoms with van der Waals surface area (Å²) in [6.45, 7) is 3.96. The molecule has 0 radical (unpaired) electrons. The van der Waals surface area contributed by atoms with E-state index in [1.807, 2.05) is 26.0 Å². The fourth-order valence-electron chi connectivity index (χ4n) is 3.99. The van der Waals surface area contributed by atoms with Gasteiger partial charge in [-0.15, -0.1) is 0 Å². The lowest BCUT2D eigenvalue weighted by Crippen LogP contribution is -2.26. The molecular formula is C24H20N2O. The first-order valence-corrected chi connectivity index (χ1v) is 9.18. The predicted molar refractivity (Wildman–Crippen MR) is 111 cm³/mol. The number of hydrogen-bond acceptors (Lipinski definition) is 1. The van der Waals surface area contributed by atoms with Gasteiger partial charge in [-0.2, -0.15) is 0 Å². The Hall–Kier alpha value is -3.33. The molecule has 3 aromatic carbocycles. The molecule has 0 saturated heterocycles. The molecule has 1 amide bonds. The summed E-state index contributed by atoms with van der Waals surface area (Å²) >= 11 is 0. The molecule has 0 atom stereocenters. The van der Waals surface area contributed by atoms with Crippen LogP contribution in [0, 0.1) is 0 Å². The number of carbonyl (C=O) groups is 1. The third kappa shape index (κ3) is 2.32. The monoisotopic (exact) mass is 352 g/mol. The molecule has 0 spiro atoms. The van der Waals surface area contributed by atoms with Crippen molar-refractivity contribution >= 4 is 22.5 Å². The van der Waals surface area contributed by atoms with Crippen LogP contribution in [0.4, 0.5) is 5.69 Å². The van der Waals surface area contributed by atoms with Gasteiger partial charge in [0.15, 0.2) is 0 Å². The number of nitrogens with one attached hydrogen (secondary N) is 2. The maximum Gasteiger partial charge on any atom is 0.234 e. The van der Waals surface area contributed by atoms with Gasteiger partial charge in [0.25, 0.3) is 0 Å². The molecule has 1 aliphatic heterocycles. The minimum Gasteiger partial charge on any atom is -0.354 e.